The van der Waals surface area contributed by atoms with Crippen LogP contribution in [0.1, 0.15) is 32.6 Å². The molecule has 0 aromatic heterocycles. The molecule has 1 saturated carbocycles. The van der Waals surface area contributed by atoms with Gasteiger partial charge in [0, 0.05) is 6.54 Å². The minimum Gasteiger partial charge on any atom is -0.392 e. The molecule has 1 rings (SSSR count). The summed E-state index contributed by atoms with van der Waals surface area (Å²) in [6.45, 7) is 2.71. The normalized spacial score (nSPS) is 35.2. The number of rotatable bonds is 2. The molecule has 3 N–H and O–H groups in total. The molecule has 0 aromatic carbocycles. The monoisotopic (exact) mass is 157 g/mol. The van der Waals surface area contributed by atoms with Crippen molar-refractivity contribution in [2.75, 3.05) is 6.54 Å². The maximum atomic E-state index is 9.44. The molecule has 0 aliphatic heterocycles. The second-order valence-corrected chi connectivity index (χ2v) is 3.82. The molecule has 1 fully saturated rings. The fourth-order valence-corrected chi connectivity index (χ4v) is 1.86. The van der Waals surface area contributed by atoms with Gasteiger partial charge in [-0.3, -0.25) is 0 Å². The first-order chi connectivity index (χ1) is 5.24. The third kappa shape index (κ3) is 2.46. The SMILES string of the molecule is CC1CCC([C@H](O)CN)CC1. The Morgan fingerprint density at radius 2 is 1.91 bits per heavy atom. The second-order valence-electron chi connectivity index (χ2n) is 3.82. The maximum Gasteiger partial charge on any atom is 0.0690 e. The van der Waals surface area contributed by atoms with Crippen molar-refractivity contribution in [1.29, 1.82) is 0 Å². The van der Waals surface area contributed by atoms with Gasteiger partial charge in [-0.1, -0.05) is 19.8 Å². The molecule has 0 aromatic rings. The van der Waals surface area contributed by atoms with Crippen LogP contribution in [0.3, 0.4) is 0 Å². The van der Waals surface area contributed by atoms with Crippen molar-refractivity contribution in [3.8, 4) is 0 Å². The van der Waals surface area contributed by atoms with E-state index >= 15 is 0 Å². The van der Waals surface area contributed by atoms with E-state index in [9.17, 15) is 5.11 Å². The van der Waals surface area contributed by atoms with E-state index < -0.39 is 0 Å². The van der Waals surface area contributed by atoms with Crippen LogP contribution in [0, 0.1) is 11.8 Å². The van der Waals surface area contributed by atoms with E-state index in [1.54, 1.807) is 0 Å². The van der Waals surface area contributed by atoms with Crippen LogP contribution in [0.2, 0.25) is 0 Å². The highest BCUT2D eigenvalue weighted by Crippen LogP contribution is 2.29. The summed E-state index contributed by atoms with van der Waals surface area (Å²) < 4.78 is 0. The molecular weight excluding hydrogens is 138 g/mol. The molecule has 1 atom stereocenters. The number of hydrogen-bond donors (Lipinski definition) is 2. The Morgan fingerprint density at radius 3 is 2.36 bits per heavy atom. The smallest absolute Gasteiger partial charge is 0.0690 e. The number of hydrogen-bond acceptors (Lipinski definition) is 2. The minimum atomic E-state index is -0.248. The molecule has 2 nitrogen and oxygen atoms in total. The van der Waals surface area contributed by atoms with Gasteiger partial charge in [0.1, 0.15) is 0 Å². The lowest BCUT2D eigenvalue weighted by Crippen LogP contribution is -2.31. The van der Waals surface area contributed by atoms with Crippen LogP contribution in [0.25, 0.3) is 0 Å². The third-order valence-corrected chi connectivity index (χ3v) is 2.85. The summed E-state index contributed by atoms with van der Waals surface area (Å²) in [5.74, 6) is 1.34. The lowest BCUT2D eigenvalue weighted by atomic mass is 9.80. The van der Waals surface area contributed by atoms with Crippen LogP contribution in [-0.2, 0) is 0 Å². The number of nitrogens with two attached hydrogens (primary N) is 1. The van der Waals surface area contributed by atoms with Crippen molar-refractivity contribution < 1.29 is 5.11 Å². The van der Waals surface area contributed by atoms with Crippen LogP contribution < -0.4 is 5.73 Å². The largest absolute Gasteiger partial charge is 0.392 e. The topological polar surface area (TPSA) is 46.2 Å². The van der Waals surface area contributed by atoms with Gasteiger partial charge < -0.3 is 10.8 Å². The predicted molar refractivity (Wildman–Crippen MR) is 46.2 cm³/mol. The summed E-state index contributed by atoms with van der Waals surface area (Å²) in [5.41, 5.74) is 5.39. The lowest BCUT2D eigenvalue weighted by molar-refractivity contribution is 0.0826. The zero-order valence-corrected chi connectivity index (χ0v) is 7.29. The lowest BCUT2D eigenvalue weighted by Gasteiger charge is -2.29. The van der Waals surface area contributed by atoms with Gasteiger partial charge in [-0.25, -0.2) is 0 Å². The van der Waals surface area contributed by atoms with E-state index in [1.807, 2.05) is 0 Å². The van der Waals surface area contributed by atoms with Crippen LogP contribution in [-0.4, -0.2) is 17.8 Å². The summed E-state index contributed by atoms with van der Waals surface area (Å²) in [4.78, 5) is 0. The molecule has 0 spiro atoms. The zero-order valence-electron chi connectivity index (χ0n) is 7.29. The molecule has 1 aliphatic carbocycles. The van der Waals surface area contributed by atoms with Crippen LogP contribution in [0.15, 0.2) is 0 Å². The molecule has 2 heteroatoms. The van der Waals surface area contributed by atoms with Crippen molar-refractivity contribution in [2.24, 2.45) is 17.6 Å². The molecule has 1 aliphatic rings. The van der Waals surface area contributed by atoms with Gasteiger partial charge in [0.15, 0.2) is 0 Å². The van der Waals surface area contributed by atoms with Crippen molar-refractivity contribution in [3.05, 3.63) is 0 Å². The van der Waals surface area contributed by atoms with Crippen molar-refractivity contribution in [3.63, 3.8) is 0 Å². The highest BCUT2D eigenvalue weighted by Gasteiger charge is 2.23. The Kier molecular flexibility index (Phi) is 3.34. The van der Waals surface area contributed by atoms with Gasteiger partial charge >= 0.3 is 0 Å². The Hall–Kier alpha value is -0.0800. The van der Waals surface area contributed by atoms with Gasteiger partial charge in [-0.2, -0.15) is 0 Å². The summed E-state index contributed by atoms with van der Waals surface area (Å²) in [7, 11) is 0. The van der Waals surface area contributed by atoms with Crippen molar-refractivity contribution in [2.45, 2.75) is 38.7 Å². The molecule has 0 saturated heterocycles. The van der Waals surface area contributed by atoms with Gasteiger partial charge in [0.2, 0.25) is 0 Å². The summed E-state index contributed by atoms with van der Waals surface area (Å²) in [5, 5.41) is 9.44. The fourth-order valence-electron chi connectivity index (χ4n) is 1.86. The van der Waals surface area contributed by atoms with E-state index in [0.29, 0.717) is 12.5 Å². The highest BCUT2D eigenvalue weighted by molar-refractivity contribution is 4.75. The molecule has 0 bridgehead atoms. The zero-order chi connectivity index (χ0) is 8.27. The van der Waals surface area contributed by atoms with Gasteiger partial charge in [0.25, 0.3) is 0 Å². The van der Waals surface area contributed by atoms with Gasteiger partial charge in [-0.15, -0.1) is 0 Å². The number of aliphatic hydroxyl groups excluding tert-OH is 1. The van der Waals surface area contributed by atoms with Crippen LogP contribution in [0.4, 0.5) is 0 Å². The van der Waals surface area contributed by atoms with Crippen molar-refractivity contribution >= 4 is 0 Å². The maximum absolute atomic E-state index is 9.44. The van der Waals surface area contributed by atoms with E-state index in [1.165, 1.54) is 25.7 Å². The molecule has 11 heavy (non-hydrogen) atoms. The van der Waals surface area contributed by atoms with Crippen LogP contribution >= 0.6 is 0 Å². The van der Waals surface area contributed by atoms with E-state index in [2.05, 4.69) is 6.92 Å². The summed E-state index contributed by atoms with van der Waals surface area (Å²) >= 11 is 0. The van der Waals surface area contributed by atoms with Crippen LogP contribution in [0.5, 0.6) is 0 Å². The Labute approximate surface area is 68.8 Å². The average molecular weight is 157 g/mol. The second kappa shape index (κ2) is 4.07. The Bertz CT molecular complexity index is 108. The average Bonchev–Trinajstić information content (AvgIpc) is 2.05. The molecular formula is C9H19NO. The predicted octanol–water partition coefficient (Wildman–Crippen LogP) is 1.13. The van der Waals surface area contributed by atoms with E-state index in [-0.39, 0.29) is 6.10 Å². The molecule has 0 radical (unpaired) electrons. The Balaban J connectivity index is 2.27. The van der Waals surface area contributed by atoms with Crippen molar-refractivity contribution in [1.82, 2.24) is 0 Å². The molecule has 0 unspecified atom stereocenters. The van der Waals surface area contributed by atoms with E-state index in [4.69, 9.17) is 5.73 Å². The van der Waals surface area contributed by atoms with Gasteiger partial charge in [-0.05, 0) is 24.7 Å². The first-order valence-corrected chi connectivity index (χ1v) is 4.62. The first-order valence-electron chi connectivity index (χ1n) is 4.62. The number of aliphatic hydroxyl groups is 1. The fraction of sp³-hybridized carbons (Fsp3) is 1.00. The standard InChI is InChI=1S/C9H19NO/c1-7-2-4-8(5-3-7)9(11)6-10/h7-9,11H,2-6,10H2,1H3/t7?,8?,9-/m1/s1. The summed E-state index contributed by atoms with van der Waals surface area (Å²) in [6.07, 6.45) is 4.62. The van der Waals surface area contributed by atoms with Gasteiger partial charge in [0.05, 0.1) is 6.10 Å². The molecule has 0 heterocycles. The first kappa shape index (κ1) is 9.01. The Morgan fingerprint density at radius 1 is 1.36 bits per heavy atom. The molecule has 66 valence electrons. The molecule has 0 amide bonds. The highest BCUT2D eigenvalue weighted by atomic mass is 16.3. The quantitative estimate of drug-likeness (QED) is 0.631. The summed E-state index contributed by atoms with van der Waals surface area (Å²) in [6, 6.07) is 0. The van der Waals surface area contributed by atoms with E-state index in [0.717, 1.165) is 5.92 Å². The minimum absolute atomic E-state index is 0.248. The third-order valence-electron chi connectivity index (χ3n) is 2.85.